The molecule has 3 rings (SSSR count). The van der Waals surface area contributed by atoms with Gasteiger partial charge in [0.1, 0.15) is 5.75 Å². The fraction of sp³-hybridized carbons (Fsp3) is 0.429. The molecule has 0 saturated heterocycles. The van der Waals surface area contributed by atoms with Crippen LogP contribution in [0, 0.1) is 0 Å². The summed E-state index contributed by atoms with van der Waals surface area (Å²) in [6.45, 7) is 4.55. The summed E-state index contributed by atoms with van der Waals surface area (Å²) in [6.07, 6.45) is 4.77. The van der Waals surface area contributed by atoms with Gasteiger partial charge in [-0.3, -0.25) is 5.32 Å². The van der Waals surface area contributed by atoms with Gasteiger partial charge in [0.15, 0.2) is 0 Å². The predicted molar refractivity (Wildman–Crippen MR) is 103 cm³/mol. The number of benzene rings is 2. The standard InChI is InChI=1S/C21H27NOS/c1-3-5-13-21(4-2)15-24-19-14-17(23)11-12-18(19)20(22-21)16-9-7-6-8-10-16/h6-12,14,20,22-23H,3-5,13,15H2,1-2H3. The molecular weight excluding hydrogens is 314 g/mol. The minimum Gasteiger partial charge on any atom is -0.508 e. The summed E-state index contributed by atoms with van der Waals surface area (Å²) in [4.78, 5) is 1.20. The summed E-state index contributed by atoms with van der Waals surface area (Å²) < 4.78 is 0. The summed E-state index contributed by atoms with van der Waals surface area (Å²) in [6, 6.07) is 16.7. The monoisotopic (exact) mass is 341 g/mol. The molecular formula is C21H27NOS. The van der Waals surface area contributed by atoms with Crippen molar-refractivity contribution in [2.45, 2.75) is 56.0 Å². The molecule has 0 saturated carbocycles. The molecule has 2 aromatic rings. The first-order valence-corrected chi connectivity index (χ1v) is 9.94. The fourth-order valence-corrected chi connectivity index (χ4v) is 4.90. The van der Waals surface area contributed by atoms with Gasteiger partial charge >= 0.3 is 0 Å². The molecule has 0 aliphatic carbocycles. The van der Waals surface area contributed by atoms with Crippen molar-refractivity contribution in [1.82, 2.24) is 5.32 Å². The Morgan fingerprint density at radius 3 is 2.67 bits per heavy atom. The van der Waals surface area contributed by atoms with Crippen molar-refractivity contribution in [3.63, 3.8) is 0 Å². The molecule has 0 bridgehead atoms. The van der Waals surface area contributed by atoms with E-state index in [1.807, 2.05) is 23.9 Å². The highest BCUT2D eigenvalue weighted by molar-refractivity contribution is 7.99. The Kier molecular flexibility index (Phi) is 5.52. The molecule has 2 atom stereocenters. The van der Waals surface area contributed by atoms with Crippen LogP contribution in [0.15, 0.2) is 53.4 Å². The Morgan fingerprint density at radius 2 is 1.96 bits per heavy atom. The topological polar surface area (TPSA) is 32.3 Å². The molecule has 0 radical (unpaired) electrons. The third kappa shape index (κ3) is 3.62. The van der Waals surface area contributed by atoms with Crippen molar-refractivity contribution in [3.8, 4) is 5.75 Å². The number of nitrogens with one attached hydrogen (secondary N) is 1. The highest BCUT2D eigenvalue weighted by atomic mass is 32.2. The van der Waals surface area contributed by atoms with Crippen LogP contribution < -0.4 is 5.32 Å². The normalized spacial score (nSPS) is 23.5. The van der Waals surface area contributed by atoms with Gasteiger partial charge in [-0.15, -0.1) is 11.8 Å². The highest BCUT2D eigenvalue weighted by Gasteiger charge is 2.35. The molecule has 1 aliphatic heterocycles. The Labute approximate surface area is 149 Å². The number of fused-ring (bicyclic) bond motifs is 1. The van der Waals surface area contributed by atoms with Gasteiger partial charge in [0.2, 0.25) is 0 Å². The van der Waals surface area contributed by atoms with Gasteiger partial charge < -0.3 is 5.11 Å². The molecule has 2 nitrogen and oxygen atoms in total. The van der Waals surface area contributed by atoms with Gasteiger partial charge in [0.05, 0.1) is 6.04 Å². The van der Waals surface area contributed by atoms with Gasteiger partial charge in [-0.2, -0.15) is 0 Å². The molecule has 0 aromatic heterocycles. The fourth-order valence-electron chi connectivity index (χ4n) is 3.48. The summed E-state index contributed by atoms with van der Waals surface area (Å²) in [5.41, 5.74) is 2.70. The van der Waals surface area contributed by atoms with E-state index in [2.05, 4.69) is 55.6 Å². The van der Waals surface area contributed by atoms with E-state index in [1.54, 1.807) is 0 Å². The molecule has 0 amide bonds. The maximum absolute atomic E-state index is 9.93. The van der Waals surface area contributed by atoms with E-state index in [1.165, 1.54) is 35.3 Å². The predicted octanol–water partition coefficient (Wildman–Crippen LogP) is 5.52. The number of thioether (sulfide) groups is 1. The van der Waals surface area contributed by atoms with Crippen LogP contribution in [0.4, 0.5) is 0 Å². The minimum absolute atomic E-state index is 0.135. The smallest absolute Gasteiger partial charge is 0.116 e. The molecule has 0 spiro atoms. The van der Waals surface area contributed by atoms with Crippen LogP contribution in [0.2, 0.25) is 0 Å². The minimum atomic E-state index is 0.135. The van der Waals surface area contributed by atoms with Gasteiger partial charge in [0, 0.05) is 16.2 Å². The second-order valence-corrected chi connectivity index (χ2v) is 7.75. The van der Waals surface area contributed by atoms with E-state index in [0.717, 1.165) is 12.2 Å². The molecule has 1 heterocycles. The second kappa shape index (κ2) is 7.62. The van der Waals surface area contributed by atoms with E-state index < -0.39 is 0 Å². The maximum atomic E-state index is 9.93. The van der Waals surface area contributed by atoms with E-state index >= 15 is 0 Å². The van der Waals surface area contributed by atoms with Crippen molar-refractivity contribution in [2.24, 2.45) is 0 Å². The Bertz CT molecular complexity index is 673. The summed E-state index contributed by atoms with van der Waals surface area (Å²) in [5, 5.41) is 13.9. The van der Waals surface area contributed by atoms with Gasteiger partial charge in [-0.25, -0.2) is 0 Å². The van der Waals surface area contributed by atoms with E-state index in [9.17, 15) is 5.11 Å². The lowest BCUT2D eigenvalue weighted by atomic mass is 9.88. The van der Waals surface area contributed by atoms with Crippen molar-refractivity contribution in [3.05, 3.63) is 59.7 Å². The summed E-state index contributed by atoms with van der Waals surface area (Å²) in [5.74, 6) is 1.40. The Morgan fingerprint density at radius 1 is 1.17 bits per heavy atom. The average Bonchev–Trinajstić information content (AvgIpc) is 2.78. The SMILES string of the molecule is CCCCC1(CC)CSc2cc(O)ccc2C(c2ccccc2)N1. The van der Waals surface area contributed by atoms with E-state index in [4.69, 9.17) is 0 Å². The van der Waals surface area contributed by atoms with Crippen molar-refractivity contribution in [2.75, 3.05) is 5.75 Å². The third-order valence-electron chi connectivity index (χ3n) is 5.08. The van der Waals surface area contributed by atoms with E-state index in [0.29, 0.717) is 5.75 Å². The third-order valence-corrected chi connectivity index (χ3v) is 6.44. The van der Waals surface area contributed by atoms with Gasteiger partial charge in [-0.05, 0) is 36.1 Å². The van der Waals surface area contributed by atoms with Crippen molar-refractivity contribution >= 4 is 11.8 Å². The van der Waals surface area contributed by atoms with Crippen molar-refractivity contribution < 1.29 is 5.11 Å². The number of rotatable bonds is 5. The van der Waals surface area contributed by atoms with Crippen LogP contribution in [-0.2, 0) is 0 Å². The quantitative estimate of drug-likeness (QED) is 0.751. The van der Waals surface area contributed by atoms with Crippen LogP contribution in [-0.4, -0.2) is 16.4 Å². The molecule has 2 aromatic carbocycles. The second-order valence-electron chi connectivity index (χ2n) is 6.74. The van der Waals surface area contributed by atoms with Crippen molar-refractivity contribution in [1.29, 1.82) is 0 Å². The summed E-state index contributed by atoms with van der Waals surface area (Å²) in [7, 11) is 0. The lowest BCUT2D eigenvalue weighted by Crippen LogP contribution is -2.48. The number of hydrogen-bond acceptors (Lipinski definition) is 3. The average molecular weight is 342 g/mol. The molecule has 3 heteroatoms. The molecule has 2 N–H and O–H groups in total. The molecule has 0 fully saturated rings. The zero-order valence-electron chi connectivity index (χ0n) is 14.6. The lowest BCUT2D eigenvalue weighted by Gasteiger charge is -2.36. The van der Waals surface area contributed by atoms with Crippen LogP contribution in [0.5, 0.6) is 5.75 Å². The first-order valence-electron chi connectivity index (χ1n) is 8.96. The number of unbranched alkanes of at least 4 members (excludes halogenated alkanes) is 1. The Hall–Kier alpha value is -1.45. The summed E-state index contributed by atoms with van der Waals surface area (Å²) >= 11 is 1.88. The first-order chi connectivity index (χ1) is 11.7. The first kappa shape index (κ1) is 17.4. The number of phenolic OH excluding ortho intramolecular Hbond substituents is 1. The van der Waals surface area contributed by atoms with Crippen LogP contribution in [0.1, 0.15) is 56.7 Å². The number of hydrogen-bond donors (Lipinski definition) is 2. The van der Waals surface area contributed by atoms with Crippen LogP contribution in [0.3, 0.4) is 0 Å². The Balaban J connectivity index is 2.04. The molecule has 128 valence electrons. The maximum Gasteiger partial charge on any atom is 0.116 e. The van der Waals surface area contributed by atoms with Gasteiger partial charge in [0.25, 0.3) is 0 Å². The molecule has 1 aliphatic rings. The number of phenols is 1. The van der Waals surface area contributed by atoms with Gasteiger partial charge in [-0.1, -0.05) is 63.1 Å². The molecule has 2 unspecified atom stereocenters. The van der Waals surface area contributed by atoms with Crippen LogP contribution in [0.25, 0.3) is 0 Å². The van der Waals surface area contributed by atoms with Crippen LogP contribution >= 0.6 is 11.8 Å². The largest absolute Gasteiger partial charge is 0.508 e. The molecule has 24 heavy (non-hydrogen) atoms. The zero-order chi connectivity index (χ0) is 17.0. The zero-order valence-corrected chi connectivity index (χ0v) is 15.4. The highest BCUT2D eigenvalue weighted by Crippen LogP contribution is 2.41. The van der Waals surface area contributed by atoms with E-state index in [-0.39, 0.29) is 11.6 Å². The number of aromatic hydroxyl groups is 1. The lowest BCUT2D eigenvalue weighted by molar-refractivity contribution is 0.298.